The van der Waals surface area contributed by atoms with Gasteiger partial charge < -0.3 is 4.74 Å². The molecule has 1 saturated heterocycles. The minimum Gasteiger partial charge on any atom is -0.368 e. The van der Waals surface area contributed by atoms with E-state index >= 15 is 0 Å². The monoisotopic (exact) mass is 478 g/mol. The molecule has 5 rings (SSSR count). The van der Waals surface area contributed by atoms with E-state index in [0.717, 1.165) is 24.0 Å². The number of rotatable bonds is 7. The Kier molecular flexibility index (Phi) is 6.61. The number of hydrogen-bond donors (Lipinski definition) is 0. The predicted octanol–water partition coefficient (Wildman–Crippen LogP) is 8.14. The zero-order chi connectivity index (χ0) is 24.5. The summed E-state index contributed by atoms with van der Waals surface area (Å²) >= 11 is 0. The van der Waals surface area contributed by atoms with E-state index in [2.05, 4.69) is 6.58 Å². The molecule has 0 saturated carbocycles. The van der Waals surface area contributed by atoms with Crippen molar-refractivity contribution >= 4 is 5.57 Å². The van der Waals surface area contributed by atoms with Crippen molar-refractivity contribution in [3.8, 4) is 11.1 Å². The Bertz CT molecular complexity index is 1290. The van der Waals surface area contributed by atoms with Crippen LogP contribution < -0.4 is 0 Å². The van der Waals surface area contributed by atoms with Crippen molar-refractivity contribution in [2.24, 2.45) is 5.92 Å². The fraction of sp³-hybridized carbons (Fsp3) is 0.267. The van der Waals surface area contributed by atoms with Gasteiger partial charge in [-0.3, -0.25) is 0 Å². The van der Waals surface area contributed by atoms with Gasteiger partial charge in [0.15, 0.2) is 23.3 Å². The van der Waals surface area contributed by atoms with Crippen molar-refractivity contribution in [2.45, 2.75) is 38.2 Å². The van der Waals surface area contributed by atoms with Gasteiger partial charge in [0.25, 0.3) is 0 Å². The maximum absolute atomic E-state index is 14.8. The Morgan fingerprint density at radius 1 is 0.829 bits per heavy atom. The minimum absolute atomic E-state index is 0.179. The fourth-order valence-electron chi connectivity index (χ4n) is 4.74. The number of halogens is 4. The van der Waals surface area contributed by atoms with Crippen LogP contribution in [0.1, 0.15) is 47.6 Å². The minimum atomic E-state index is -0.892. The third-order valence-corrected chi connectivity index (χ3v) is 7.03. The molecule has 3 aromatic rings. The summed E-state index contributed by atoms with van der Waals surface area (Å²) < 4.78 is 63.6. The summed E-state index contributed by atoms with van der Waals surface area (Å²) in [5, 5.41) is 0. The normalized spacial score (nSPS) is 19.4. The van der Waals surface area contributed by atoms with E-state index < -0.39 is 23.3 Å². The second kappa shape index (κ2) is 9.82. The van der Waals surface area contributed by atoms with Crippen LogP contribution in [0.5, 0.6) is 0 Å². The summed E-state index contributed by atoms with van der Waals surface area (Å²) in [5.74, 6) is -2.97. The van der Waals surface area contributed by atoms with Gasteiger partial charge >= 0.3 is 0 Å². The van der Waals surface area contributed by atoms with Crippen LogP contribution in [0, 0.1) is 29.2 Å². The predicted molar refractivity (Wildman–Crippen MR) is 130 cm³/mol. The first-order chi connectivity index (χ1) is 17.0. The molecule has 2 atom stereocenters. The highest BCUT2D eigenvalue weighted by Gasteiger charge is 2.30. The molecular formula is C30H26F4O. The molecule has 1 aliphatic heterocycles. The zero-order valence-electron chi connectivity index (χ0n) is 19.3. The van der Waals surface area contributed by atoms with Crippen molar-refractivity contribution in [3.05, 3.63) is 113 Å². The number of hydrogen-bond acceptors (Lipinski definition) is 1. The topological polar surface area (TPSA) is 12.5 Å². The van der Waals surface area contributed by atoms with Crippen LogP contribution in [-0.4, -0.2) is 6.61 Å². The lowest BCUT2D eigenvalue weighted by atomic mass is 9.86. The molecule has 0 N–H and O–H groups in total. The molecule has 2 unspecified atom stereocenters. The largest absolute Gasteiger partial charge is 0.368 e. The molecular weight excluding hydrogens is 452 g/mol. The summed E-state index contributed by atoms with van der Waals surface area (Å²) in [7, 11) is 0. The highest BCUT2D eigenvalue weighted by atomic mass is 19.2. The molecule has 1 aliphatic carbocycles. The van der Waals surface area contributed by atoms with Gasteiger partial charge in [-0.05, 0) is 60.3 Å². The third kappa shape index (κ3) is 4.83. The van der Waals surface area contributed by atoms with Gasteiger partial charge in [0, 0.05) is 16.7 Å². The van der Waals surface area contributed by atoms with Gasteiger partial charge in [-0.1, -0.05) is 60.7 Å². The van der Waals surface area contributed by atoms with Crippen molar-refractivity contribution in [1.29, 1.82) is 0 Å². The van der Waals surface area contributed by atoms with Crippen molar-refractivity contribution in [2.75, 3.05) is 6.61 Å². The van der Waals surface area contributed by atoms with Crippen LogP contribution >= 0.6 is 0 Å². The first-order valence-corrected chi connectivity index (χ1v) is 11.9. The highest BCUT2D eigenvalue weighted by molar-refractivity contribution is 5.67. The van der Waals surface area contributed by atoms with Crippen LogP contribution in [0.15, 0.2) is 67.3 Å². The van der Waals surface area contributed by atoms with Gasteiger partial charge in [0.05, 0.1) is 6.61 Å². The molecule has 1 fully saturated rings. The number of benzene rings is 3. The highest BCUT2D eigenvalue weighted by Crippen LogP contribution is 2.36. The van der Waals surface area contributed by atoms with E-state index in [9.17, 15) is 17.6 Å². The average Bonchev–Trinajstić information content (AvgIpc) is 3.72. The fourth-order valence-corrected chi connectivity index (χ4v) is 4.74. The Labute approximate surface area is 202 Å². The summed E-state index contributed by atoms with van der Waals surface area (Å²) in [4.78, 5) is 0. The van der Waals surface area contributed by atoms with Gasteiger partial charge in [-0.15, -0.1) is 6.58 Å². The number of allylic oxidation sites excluding steroid dienone is 3. The summed E-state index contributed by atoms with van der Waals surface area (Å²) in [6.07, 6.45) is 6.76. The maximum Gasteiger partial charge on any atom is 0.167 e. The van der Waals surface area contributed by atoms with Crippen LogP contribution in [0.3, 0.4) is 0 Å². The number of aryl methyl sites for hydroxylation is 2. The molecule has 180 valence electrons. The molecule has 0 aromatic heterocycles. The van der Waals surface area contributed by atoms with E-state index in [-0.39, 0.29) is 17.2 Å². The Morgan fingerprint density at radius 2 is 1.54 bits per heavy atom. The van der Waals surface area contributed by atoms with Crippen LogP contribution in [0.25, 0.3) is 16.7 Å². The number of epoxide rings is 1. The van der Waals surface area contributed by atoms with E-state index in [0.29, 0.717) is 48.5 Å². The van der Waals surface area contributed by atoms with Crippen LogP contribution in [0.4, 0.5) is 17.6 Å². The molecule has 1 nitrogen and oxygen atoms in total. The Balaban J connectivity index is 1.27. The van der Waals surface area contributed by atoms with Gasteiger partial charge in [0.2, 0.25) is 0 Å². The SMILES string of the molecule is C=CC1CC=C(c2ccc(CCc3ccc(-c4ccc(C5CO5)c(F)c4F)cc3)c(F)c2F)CC1. The molecule has 2 aliphatic rings. The van der Waals surface area contributed by atoms with Gasteiger partial charge in [-0.2, -0.15) is 0 Å². The van der Waals surface area contributed by atoms with Gasteiger partial charge in [-0.25, -0.2) is 17.6 Å². The summed E-state index contributed by atoms with van der Waals surface area (Å²) in [6.45, 7) is 4.22. The molecule has 0 spiro atoms. The van der Waals surface area contributed by atoms with Gasteiger partial charge in [0.1, 0.15) is 6.10 Å². The van der Waals surface area contributed by atoms with Crippen molar-refractivity contribution in [1.82, 2.24) is 0 Å². The molecule has 3 aromatic carbocycles. The second-order valence-electron chi connectivity index (χ2n) is 9.25. The summed E-state index contributed by atoms with van der Waals surface area (Å²) in [6, 6.07) is 13.5. The summed E-state index contributed by atoms with van der Waals surface area (Å²) in [5.41, 5.74) is 3.38. The zero-order valence-corrected chi connectivity index (χ0v) is 19.3. The van der Waals surface area contributed by atoms with Crippen LogP contribution in [0.2, 0.25) is 0 Å². The van der Waals surface area contributed by atoms with Crippen molar-refractivity contribution in [3.63, 3.8) is 0 Å². The lowest BCUT2D eigenvalue weighted by molar-refractivity contribution is 0.401. The van der Waals surface area contributed by atoms with Crippen LogP contribution in [-0.2, 0) is 17.6 Å². The van der Waals surface area contributed by atoms with Crippen molar-refractivity contribution < 1.29 is 22.3 Å². The third-order valence-electron chi connectivity index (χ3n) is 7.03. The van der Waals surface area contributed by atoms with E-state index in [1.165, 1.54) is 0 Å². The lowest BCUT2D eigenvalue weighted by Gasteiger charge is -2.20. The number of ether oxygens (including phenoxy) is 1. The molecule has 0 radical (unpaired) electrons. The average molecular weight is 479 g/mol. The lowest BCUT2D eigenvalue weighted by Crippen LogP contribution is -2.06. The Hall–Kier alpha value is -3.18. The Morgan fingerprint density at radius 3 is 2.20 bits per heavy atom. The first-order valence-electron chi connectivity index (χ1n) is 11.9. The standard InChI is InChI=1S/C30H26F4O/c1-2-18-3-8-20(9-4-18)23-14-13-22(27(31)28(23)32)12-7-19-5-10-21(11-6-19)24-15-16-25(26-17-35-26)30(34)29(24)33/h2,5-6,8,10-11,13-16,18,26H,1,3-4,7,9,12,17H2. The maximum atomic E-state index is 14.8. The smallest absolute Gasteiger partial charge is 0.167 e. The first kappa shape index (κ1) is 23.6. The quantitative estimate of drug-likeness (QED) is 0.190. The molecule has 0 bridgehead atoms. The van der Waals surface area contributed by atoms with E-state index in [1.807, 2.05) is 12.2 Å². The molecule has 0 amide bonds. The van der Waals surface area contributed by atoms with E-state index in [4.69, 9.17) is 4.74 Å². The molecule has 35 heavy (non-hydrogen) atoms. The molecule has 1 heterocycles. The van der Waals surface area contributed by atoms with E-state index in [1.54, 1.807) is 48.5 Å². The molecule has 5 heteroatoms. The second-order valence-corrected chi connectivity index (χ2v) is 9.25.